The number of aromatic nitrogens is 2. The number of ether oxygens (including phenoxy) is 1. The largest absolute Gasteiger partial charge is 0.377 e. The number of rotatable bonds is 6. The number of hydrogen-bond acceptors (Lipinski definition) is 8. The highest BCUT2D eigenvalue weighted by atomic mass is 19.1. The van der Waals surface area contributed by atoms with Crippen molar-refractivity contribution in [3.8, 4) is 0 Å². The molecule has 1 aliphatic rings. The van der Waals surface area contributed by atoms with E-state index >= 15 is 0 Å². The van der Waals surface area contributed by atoms with Crippen LogP contribution in [0.2, 0.25) is 0 Å². The predicted molar refractivity (Wildman–Crippen MR) is 85.6 cm³/mol. The van der Waals surface area contributed by atoms with Gasteiger partial charge in [-0.3, -0.25) is 15.0 Å². The molecule has 2 aromatic rings. The quantitative estimate of drug-likeness (QED) is 0.571. The zero-order chi connectivity index (χ0) is 17.8. The third-order valence-corrected chi connectivity index (χ3v) is 4.00. The lowest BCUT2D eigenvalue weighted by Gasteiger charge is -2.35. The molecule has 25 heavy (non-hydrogen) atoms. The highest BCUT2D eigenvalue weighted by molar-refractivity contribution is 5.64. The number of anilines is 1. The van der Waals surface area contributed by atoms with E-state index < -0.39 is 16.4 Å². The maximum absolute atomic E-state index is 13.8. The van der Waals surface area contributed by atoms with Crippen LogP contribution in [-0.2, 0) is 17.9 Å². The minimum atomic E-state index is -0.818. The molecule has 0 amide bonds. The number of nitro benzene ring substituents is 1. The fourth-order valence-electron chi connectivity index (χ4n) is 2.82. The second kappa shape index (κ2) is 7.53. The molecular weight excluding hydrogens is 333 g/mol. The van der Waals surface area contributed by atoms with E-state index in [0.717, 1.165) is 6.07 Å². The summed E-state index contributed by atoms with van der Waals surface area (Å²) in [6.45, 7) is 3.17. The Morgan fingerprint density at radius 1 is 1.36 bits per heavy atom. The zero-order valence-corrected chi connectivity index (χ0v) is 13.7. The van der Waals surface area contributed by atoms with Crippen molar-refractivity contribution in [1.29, 1.82) is 0 Å². The van der Waals surface area contributed by atoms with Crippen molar-refractivity contribution in [2.75, 3.05) is 38.2 Å². The fraction of sp³-hybridized carbons (Fsp3) is 0.467. The van der Waals surface area contributed by atoms with Gasteiger partial charge in [0.2, 0.25) is 11.7 Å². The molecule has 1 aliphatic heterocycles. The van der Waals surface area contributed by atoms with Crippen molar-refractivity contribution < 1.29 is 18.6 Å². The second-order valence-corrected chi connectivity index (χ2v) is 5.67. The SMILES string of the molecule is COCc1noc(CN2CCN(c3cccc(F)c3[N+](=O)[O-])CC2)n1. The second-order valence-electron chi connectivity index (χ2n) is 5.67. The number of halogens is 1. The number of methoxy groups -OCH3 is 1. The Balaban J connectivity index is 1.62. The summed E-state index contributed by atoms with van der Waals surface area (Å²) in [4.78, 5) is 18.6. The van der Waals surface area contributed by atoms with Gasteiger partial charge in [-0.2, -0.15) is 9.37 Å². The number of hydrogen-bond donors (Lipinski definition) is 0. The fourth-order valence-corrected chi connectivity index (χ4v) is 2.82. The summed E-state index contributed by atoms with van der Waals surface area (Å²) < 4.78 is 23.9. The smallest absolute Gasteiger partial charge is 0.327 e. The van der Waals surface area contributed by atoms with Crippen LogP contribution in [-0.4, -0.2) is 53.3 Å². The van der Waals surface area contributed by atoms with Crippen LogP contribution >= 0.6 is 0 Å². The van der Waals surface area contributed by atoms with Crippen molar-refractivity contribution in [2.24, 2.45) is 0 Å². The molecule has 0 radical (unpaired) electrons. The molecule has 9 nitrogen and oxygen atoms in total. The van der Waals surface area contributed by atoms with E-state index in [4.69, 9.17) is 9.26 Å². The first-order valence-electron chi connectivity index (χ1n) is 7.79. The normalized spacial score (nSPS) is 15.5. The third-order valence-electron chi connectivity index (χ3n) is 4.00. The van der Waals surface area contributed by atoms with Gasteiger partial charge in [0, 0.05) is 33.3 Å². The van der Waals surface area contributed by atoms with Crippen LogP contribution in [0.25, 0.3) is 0 Å². The van der Waals surface area contributed by atoms with E-state index in [1.807, 2.05) is 4.90 Å². The molecule has 0 atom stereocenters. The lowest BCUT2D eigenvalue weighted by molar-refractivity contribution is -0.386. The van der Waals surface area contributed by atoms with E-state index in [-0.39, 0.29) is 0 Å². The van der Waals surface area contributed by atoms with E-state index in [2.05, 4.69) is 15.0 Å². The maximum Gasteiger partial charge on any atom is 0.327 e. The van der Waals surface area contributed by atoms with E-state index in [9.17, 15) is 14.5 Å². The number of nitrogens with zero attached hydrogens (tertiary/aromatic N) is 5. The summed E-state index contributed by atoms with van der Waals surface area (Å²) in [6.07, 6.45) is 0. The minimum Gasteiger partial charge on any atom is -0.377 e. The van der Waals surface area contributed by atoms with Crippen molar-refractivity contribution >= 4 is 11.4 Å². The standard InChI is InChI=1S/C15H18FN5O4/c1-24-10-13-17-14(25-18-13)9-19-5-7-20(8-6-19)12-4-2-3-11(16)15(12)21(22)23/h2-4H,5-10H2,1H3. The summed E-state index contributed by atoms with van der Waals surface area (Å²) in [6, 6.07) is 4.16. The number of benzene rings is 1. The Labute approximate surface area is 143 Å². The first-order chi connectivity index (χ1) is 12.1. The van der Waals surface area contributed by atoms with Crippen molar-refractivity contribution in [2.45, 2.75) is 13.2 Å². The first-order valence-corrected chi connectivity index (χ1v) is 7.79. The van der Waals surface area contributed by atoms with Crippen LogP contribution in [0.5, 0.6) is 0 Å². The van der Waals surface area contributed by atoms with Crippen LogP contribution in [0, 0.1) is 15.9 Å². The molecule has 0 aliphatic carbocycles. The van der Waals surface area contributed by atoms with Gasteiger partial charge in [0.25, 0.3) is 0 Å². The summed E-state index contributed by atoms with van der Waals surface area (Å²) in [5, 5.41) is 14.9. The molecule has 2 heterocycles. The molecule has 0 saturated carbocycles. The van der Waals surface area contributed by atoms with Crippen LogP contribution in [0.1, 0.15) is 11.7 Å². The van der Waals surface area contributed by atoms with Gasteiger partial charge in [0.15, 0.2) is 5.82 Å². The van der Waals surface area contributed by atoms with Crippen molar-refractivity contribution in [3.63, 3.8) is 0 Å². The Hall–Kier alpha value is -2.59. The average Bonchev–Trinajstić information content (AvgIpc) is 3.02. The van der Waals surface area contributed by atoms with Gasteiger partial charge in [-0.05, 0) is 12.1 Å². The van der Waals surface area contributed by atoms with Gasteiger partial charge in [0.05, 0.1) is 11.5 Å². The summed E-state index contributed by atoms with van der Waals surface area (Å²) in [5.74, 6) is 0.171. The Morgan fingerprint density at radius 3 is 2.80 bits per heavy atom. The lowest BCUT2D eigenvalue weighted by atomic mass is 10.2. The van der Waals surface area contributed by atoms with E-state index in [0.29, 0.717) is 56.7 Å². The van der Waals surface area contributed by atoms with Crippen LogP contribution < -0.4 is 4.90 Å². The van der Waals surface area contributed by atoms with Gasteiger partial charge >= 0.3 is 5.69 Å². The number of piperazine rings is 1. The van der Waals surface area contributed by atoms with Crippen molar-refractivity contribution in [1.82, 2.24) is 15.0 Å². The van der Waals surface area contributed by atoms with Crippen LogP contribution in [0.15, 0.2) is 22.7 Å². The van der Waals surface area contributed by atoms with Gasteiger partial charge < -0.3 is 14.2 Å². The van der Waals surface area contributed by atoms with Crippen LogP contribution in [0.3, 0.4) is 0 Å². The molecule has 1 fully saturated rings. The molecule has 10 heteroatoms. The lowest BCUT2D eigenvalue weighted by Crippen LogP contribution is -2.46. The molecule has 1 saturated heterocycles. The summed E-state index contributed by atoms with van der Waals surface area (Å²) in [7, 11) is 1.56. The number of para-hydroxylation sites is 1. The Kier molecular flexibility index (Phi) is 5.19. The molecule has 3 rings (SSSR count). The minimum absolute atomic E-state index is 0.292. The maximum atomic E-state index is 13.8. The highest BCUT2D eigenvalue weighted by Crippen LogP contribution is 2.31. The van der Waals surface area contributed by atoms with Crippen LogP contribution in [0.4, 0.5) is 15.8 Å². The monoisotopic (exact) mass is 351 g/mol. The molecule has 0 unspecified atom stereocenters. The van der Waals surface area contributed by atoms with Gasteiger partial charge in [0.1, 0.15) is 12.3 Å². The number of nitro groups is 1. The topological polar surface area (TPSA) is 97.8 Å². The zero-order valence-electron chi connectivity index (χ0n) is 13.7. The molecule has 1 aromatic carbocycles. The molecule has 0 N–H and O–H groups in total. The van der Waals surface area contributed by atoms with Gasteiger partial charge in [-0.15, -0.1) is 0 Å². The Bertz CT molecular complexity index is 745. The van der Waals surface area contributed by atoms with Gasteiger partial charge in [-0.25, -0.2) is 0 Å². The first kappa shape index (κ1) is 17.2. The predicted octanol–water partition coefficient (Wildman–Crippen LogP) is 1.59. The molecule has 0 spiro atoms. The summed E-state index contributed by atoms with van der Waals surface area (Å²) >= 11 is 0. The van der Waals surface area contributed by atoms with Gasteiger partial charge in [-0.1, -0.05) is 11.2 Å². The average molecular weight is 351 g/mol. The van der Waals surface area contributed by atoms with E-state index in [1.54, 1.807) is 13.2 Å². The third kappa shape index (κ3) is 3.91. The van der Waals surface area contributed by atoms with Crippen molar-refractivity contribution in [3.05, 3.63) is 45.8 Å². The Morgan fingerprint density at radius 2 is 2.12 bits per heavy atom. The summed E-state index contributed by atoms with van der Waals surface area (Å²) in [5.41, 5.74) is -0.165. The molecular formula is C15H18FN5O4. The molecule has 134 valence electrons. The van der Waals surface area contributed by atoms with E-state index in [1.165, 1.54) is 6.07 Å². The molecule has 0 bridgehead atoms. The molecule has 1 aromatic heterocycles. The highest BCUT2D eigenvalue weighted by Gasteiger charge is 2.27.